The summed E-state index contributed by atoms with van der Waals surface area (Å²) in [6, 6.07) is 11.7. The standard InChI is InChI=1S/C24H31N3O5S/c1-5-26(6-2)33(30,31)21-12-13-22-18(16-21)10-8-14-27(22)24(29)19-9-7-11-20(15-19)32-17-23(28)25(3)4/h7,9,11-13,15-16H,5-6,8,10,14,17H2,1-4H3. The molecule has 178 valence electrons. The third-order valence-corrected chi connectivity index (χ3v) is 7.75. The average molecular weight is 474 g/mol. The van der Waals surface area contributed by atoms with Crippen LogP contribution in [-0.2, 0) is 21.2 Å². The number of rotatable bonds is 8. The fraction of sp³-hybridized carbons (Fsp3) is 0.417. The van der Waals surface area contributed by atoms with Crippen LogP contribution < -0.4 is 9.64 Å². The highest BCUT2D eigenvalue weighted by atomic mass is 32.2. The van der Waals surface area contributed by atoms with Crippen molar-refractivity contribution in [1.82, 2.24) is 9.21 Å². The fourth-order valence-electron chi connectivity index (χ4n) is 3.81. The summed E-state index contributed by atoms with van der Waals surface area (Å²) in [6.07, 6.45) is 1.44. The fourth-order valence-corrected chi connectivity index (χ4v) is 5.32. The maximum absolute atomic E-state index is 13.3. The summed E-state index contributed by atoms with van der Waals surface area (Å²) in [7, 11) is -0.266. The number of sulfonamides is 1. The SMILES string of the molecule is CCN(CC)S(=O)(=O)c1ccc2c(c1)CCCN2C(=O)c1cccc(OCC(=O)N(C)C)c1. The number of anilines is 1. The first-order valence-electron chi connectivity index (χ1n) is 11.1. The molecule has 0 unspecified atom stereocenters. The minimum Gasteiger partial charge on any atom is -0.484 e. The third kappa shape index (κ3) is 5.36. The maximum Gasteiger partial charge on any atom is 0.259 e. The Labute approximate surface area is 195 Å². The lowest BCUT2D eigenvalue weighted by Crippen LogP contribution is -2.36. The van der Waals surface area contributed by atoms with Gasteiger partial charge in [-0.15, -0.1) is 0 Å². The molecule has 0 radical (unpaired) electrons. The number of nitrogens with zero attached hydrogens (tertiary/aromatic N) is 3. The molecule has 2 aromatic rings. The van der Waals surface area contributed by atoms with Crippen molar-refractivity contribution in [3.05, 3.63) is 53.6 Å². The normalized spacial score (nSPS) is 13.5. The van der Waals surface area contributed by atoms with E-state index in [1.54, 1.807) is 61.5 Å². The van der Waals surface area contributed by atoms with Gasteiger partial charge in [0.2, 0.25) is 10.0 Å². The molecule has 33 heavy (non-hydrogen) atoms. The molecule has 1 aliphatic rings. The predicted molar refractivity (Wildman–Crippen MR) is 127 cm³/mol. The number of ether oxygens (including phenoxy) is 1. The molecule has 8 nitrogen and oxygen atoms in total. The number of carbonyl (C=O) groups excluding carboxylic acids is 2. The molecule has 0 spiro atoms. The lowest BCUT2D eigenvalue weighted by atomic mass is 10.0. The molecule has 0 aliphatic carbocycles. The Morgan fingerprint density at radius 2 is 1.79 bits per heavy atom. The van der Waals surface area contributed by atoms with E-state index in [0.717, 1.165) is 17.7 Å². The van der Waals surface area contributed by atoms with Gasteiger partial charge in [-0.2, -0.15) is 4.31 Å². The van der Waals surface area contributed by atoms with Crippen molar-refractivity contribution in [2.45, 2.75) is 31.6 Å². The quantitative estimate of drug-likeness (QED) is 0.588. The molecule has 0 saturated carbocycles. The molecular formula is C24H31N3O5S. The molecule has 0 bridgehead atoms. The first kappa shape index (κ1) is 24.7. The number of hydrogen-bond donors (Lipinski definition) is 0. The van der Waals surface area contributed by atoms with Crippen molar-refractivity contribution in [2.24, 2.45) is 0 Å². The van der Waals surface area contributed by atoms with Crippen LogP contribution in [0.2, 0.25) is 0 Å². The zero-order valence-corrected chi connectivity index (χ0v) is 20.4. The van der Waals surface area contributed by atoms with Gasteiger partial charge >= 0.3 is 0 Å². The molecule has 3 rings (SSSR count). The number of aryl methyl sites for hydroxylation is 1. The lowest BCUT2D eigenvalue weighted by molar-refractivity contribution is -0.130. The van der Waals surface area contributed by atoms with Gasteiger partial charge in [-0.25, -0.2) is 8.42 Å². The monoisotopic (exact) mass is 473 g/mol. The zero-order valence-electron chi connectivity index (χ0n) is 19.6. The minimum absolute atomic E-state index is 0.110. The van der Waals surface area contributed by atoms with Gasteiger partial charge in [0.05, 0.1) is 4.90 Å². The second-order valence-electron chi connectivity index (χ2n) is 8.04. The van der Waals surface area contributed by atoms with Gasteiger partial charge in [-0.1, -0.05) is 19.9 Å². The molecule has 0 N–H and O–H groups in total. The van der Waals surface area contributed by atoms with Crippen molar-refractivity contribution in [2.75, 3.05) is 45.2 Å². The number of carbonyl (C=O) groups is 2. The van der Waals surface area contributed by atoms with E-state index in [0.29, 0.717) is 37.4 Å². The van der Waals surface area contributed by atoms with Crippen molar-refractivity contribution in [3.63, 3.8) is 0 Å². The van der Waals surface area contributed by atoms with Crippen LogP contribution in [0.4, 0.5) is 5.69 Å². The average Bonchev–Trinajstić information content (AvgIpc) is 2.82. The van der Waals surface area contributed by atoms with Gasteiger partial charge in [0.1, 0.15) is 5.75 Å². The van der Waals surface area contributed by atoms with E-state index in [9.17, 15) is 18.0 Å². The van der Waals surface area contributed by atoms with E-state index in [1.165, 1.54) is 9.21 Å². The molecule has 1 heterocycles. The number of amides is 2. The Hall–Kier alpha value is -2.91. The summed E-state index contributed by atoms with van der Waals surface area (Å²) < 4.78 is 32.8. The van der Waals surface area contributed by atoms with Crippen molar-refractivity contribution in [1.29, 1.82) is 0 Å². The van der Waals surface area contributed by atoms with Gasteiger partial charge in [-0.3, -0.25) is 9.59 Å². The van der Waals surface area contributed by atoms with E-state index in [2.05, 4.69) is 0 Å². The van der Waals surface area contributed by atoms with Gasteiger partial charge < -0.3 is 14.5 Å². The van der Waals surface area contributed by atoms with Crippen LogP contribution in [-0.4, -0.2) is 69.8 Å². The van der Waals surface area contributed by atoms with Crippen LogP contribution in [0.25, 0.3) is 0 Å². The predicted octanol–water partition coefficient (Wildman–Crippen LogP) is 2.78. The highest BCUT2D eigenvalue weighted by molar-refractivity contribution is 7.89. The van der Waals surface area contributed by atoms with E-state index in [-0.39, 0.29) is 23.3 Å². The van der Waals surface area contributed by atoms with Crippen LogP contribution in [0, 0.1) is 0 Å². The molecule has 1 aliphatic heterocycles. The van der Waals surface area contributed by atoms with Crippen LogP contribution in [0.3, 0.4) is 0 Å². The molecule has 2 aromatic carbocycles. The minimum atomic E-state index is -3.57. The maximum atomic E-state index is 13.3. The number of benzene rings is 2. The van der Waals surface area contributed by atoms with Gasteiger partial charge in [0.25, 0.3) is 11.8 Å². The van der Waals surface area contributed by atoms with Crippen LogP contribution >= 0.6 is 0 Å². The first-order valence-corrected chi connectivity index (χ1v) is 12.5. The Morgan fingerprint density at radius 3 is 2.45 bits per heavy atom. The summed E-state index contributed by atoms with van der Waals surface area (Å²) in [5.74, 6) is 0.0702. The summed E-state index contributed by atoms with van der Waals surface area (Å²) in [6.45, 7) is 4.86. The van der Waals surface area contributed by atoms with E-state index in [4.69, 9.17) is 4.74 Å². The van der Waals surface area contributed by atoms with E-state index in [1.807, 2.05) is 13.8 Å². The second kappa shape index (κ2) is 10.4. The molecule has 9 heteroatoms. The van der Waals surface area contributed by atoms with Crippen LogP contribution in [0.1, 0.15) is 36.2 Å². The highest BCUT2D eigenvalue weighted by Crippen LogP contribution is 2.32. The molecule has 0 fully saturated rings. The molecule has 2 amide bonds. The molecule has 0 saturated heterocycles. The lowest BCUT2D eigenvalue weighted by Gasteiger charge is -2.30. The zero-order chi connectivity index (χ0) is 24.2. The Kier molecular flexibility index (Phi) is 7.76. The van der Waals surface area contributed by atoms with Gasteiger partial charge in [0.15, 0.2) is 6.61 Å². The van der Waals surface area contributed by atoms with Crippen molar-refractivity contribution >= 4 is 27.5 Å². The van der Waals surface area contributed by atoms with Crippen molar-refractivity contribution in [3.8, 4) is 5.75 Å². The molecule has 0 atom stereocenters. The molecule has 0 aromatic heterocycles. The molecular weight excluding hydrogens is 442 g/mol. The van der Waals surface area contributed by atoms with Crippen LogP contribution in [0.5, 0.6) is 5.75 Å². The van der Waals surface area contributed by atoms with E-state index >= 15 is 0 Å². The van der Waals surface area contributed by atoms with Gasteiger partial charge in [0, 0.05) is 45.0 Å². The smallest absolute Gasteiger partial charge is 0.259 e. The number of fused-ring (bicyclic) bond motifs is 1. The number of likely N-dealkylation sites (N-methyl/N-ethyl adjacent to an activating group) is 1. The van der Waals surface area contributed by atoms with Gasteiger partial charge in [-0.05, 0) is 54.8 Å². The third-order valence-electron chi connectivity index (χ3n) is 5.70. The summed E-state index contributed by atoms with van der Waals surface area (Å²) in [5, 5.41) is 0. The summed E-state index contributed by atoms with van der Waals surface area (Å²) >= 11 is 0. The second-order valence-corrected chi connectivity index (χ2v) is 9.98. The highest BCUT2D eigenvalue weighted by Gasteiger charge is 2.27. The Balaban J connectivity index is 1.85. The first-order chi connectivity index (χ1) is 15.7. The van der Waals surface area contributed by atoms with Crippen molar-refractivity contribution < 1.29 is 22.7 Å². The summed E-state index contributed by atoms with van der Waals surface area (Å²) in [5.41, 5.74) is 2.00. The Morgan fingerprint density at radius 1 is 1.06 bits per heavy atom. The van der Waals surface area contributed by atoms with Crippen LogP contribution in [0.15, 0.2) is 47.4 Å². The van der Waals surface area contributed by atoms with E-state index < -0.39 is 10.0 Å². The summed E-state index contributed by atoms with van der Waals surface area (Å²) in [4.78, 5) is 28.5. The Bertz CT molecular complexity index is 1130. The topological polar surface area (TPSA) is 87.2 Å². The number of hydrogen-bond acceptors (Lipinski definition) is 5. The largest absolute Gasteiger partial charge is 0.484 e.